The van der Waals surface area contributed by atoms with Crippen LogP contribution in [0.1, 0.15) is 10.4 Å². The molecule has 0 saturated heterocycles. The first-order valence-corrected chi connectivity index (χ1v) is 9.94. The Labute approximate surface area is 173 Å². The van der Waals surface area contributed by atoms with Crippen LogP contribution in [0, 0.1) is 0 Å². The predicted octanol–water partition coefficient (Wildman–Crippen LogP) is 4.44. The zero-order valence-electron chi connectivity index (χ0n) is 13.6. The number of benzene rings is 2. The predicted molar refractivity (Wildman–Crippen MR) is 100 cm³/mol. The average Bonchev–Trinajstić information content (AvgIpc) is 2.64. The SMILES string of the molecule is O=C(COC(=O)c1ccc(S(=O)(=O)C(F)F)cc1)Nc1cc(Cl)c(Cl)cc1Cl. The van der Waals surface area contributed by atoms with E-state index >= 15 is 0 Å². The van der Waals surface area contributed by atoms with Crippen LogP contribution in [0.25, 0.3) is 0 Å². The fourth-order valence-corrected chi connectivity index (χ4v) is 3.22. The van der Waals surface area contributed by atoms with Crippen molar-refractivity contribution in [3.8, 4) is 0 Å². The molecule has 2 aromatic rings. The van der Waals surface area contributed by atoms with Crippen molar-refractivity contribution in [3.63, 3.8) is 0 Å². The molecule has 0 aliphatic rings. The van der Waals surface area contributed by atoms with Gasteiger partial charge in [0.1, 0.15) is 0 Å². The summed E-state index contributed by atoms with van der Waals surface area (Å²) in [5.74, 6) is -5.27. The third kappa shape index (κ3) is 5.32. The molecule has 28 heavy (non-hydrogen) atoms. The summed E-state index contributed by atoms with van der Waals surface area (Å²) < 4.78 is 52.4. The van der Waals surface area contributed by atoms with E-state index in [9.17, 15) is 26.8 Å². The number of nitrogens with one attached hydrogen (secondary N) is 1. The summed E-state index contributed by atoms with van der Waals surface area (Å²) in [4.78, 5) is 23.1. The summed E-state index contributed by atoms with van der Waals surface area (Å²) in [5.41, 5.74) is 0.0206. The molecule has 0 heterocycles. The van der Waals surface area contributed by atoms with Crippen LogP contribution >= 0.6 is 34.8 Å². The Morgan fingerprint density at radius 2 is 1.57 bits per heavy atom. The van der Waals surface area contributed by atoms with Crippen molar-refractivity contribution in [2.45, 2.75) is 10.7 Å². The number of halogens is 5. The number of carbonyl (C=O) groups is 2. The summed E-state index contributed by atoms with van der Waals surface area (Å²) in [5, 5.41) is 2.83. The van der Waals surface area contributed by atoms with Crippen LogP contribution < -0.4 is 5.32 Å². The Balaban J connectivity index is 1.98. The van der Waals surface area contributed by atoms with E-state index in [1.807, 2.05) is 0 Å². The van der Waals surface area contributed by atoms with Crippen LogP contribution in [0.15, 0.2) is 41.3 Å². The molecule has 0 fully saturated rings. The quantitative estimate of drug-likeness (QED) is 0.496. The maximum Gasteiger partial charge on any atom is 0.341 e. The van der Waals surface area contributed by atoms with E-state index in [2.05, 4.69) is 5.32 Å². The molecule has 0 aliphatic heterocycles. The minimum Gasteiger partial charge on any atom is -0.452 e. The lowest BCUT2D eigenvalue weighted by molar-refractivity contribution is -0.119. The highest BCUT2D eigenvalue weighted by molar-refractivity contribution is 7.91. The molecule has 0 radical (unpaired) electrons. The van der Waals surface area contributed by atoms with Gasteiger partial charge in [0.05, 0.1) is 31.2 Å². The molecule has 0 aromatic heterocycles. The molecular formula is C16H10Cl3F2NO5S. The normalized spacial score (nSPS) is 11.4. The summed E-state index contributed by atoms with van der Waals surface area (Å²) in [6.45, 7) is -0.688. The van der Waals surface area contributed by atoms with Gasteiger partial charge in [0, 0.05) is 0 Å². The van der Waals surface area contributed by atoms with E-state index in [4.69, 9.17) is 39.5 Å². The maximum absolute atomic E-state index is 12.5. The number of amides is 1. The van der Waals surface area contributed by atoms with Crippen molar-refractivity contribution in [2.75, 3.05) is 11.9 Å². The van der Waals surface area contributed by atoms with E-state index in [0.29, 0.717) is 0 Å². The zero-order chi connectivity index (χ0) is 21.1. The van der Waals surface area contributed by atoms with Crippen molar-refractivity contribution < 1.29 is 31.5 Å². The van der Waals surface area contributed by atoms with Crippen LogP contribution in [-0.2, 0) is 19.4 Å². The van der Waals surface area contributed by atoms with Gasteiger partial charge < -0.3 is 10.1 Å². The molecule has 0 spiro atoms. The van der Waals surface area contributed by atoms with Gasteiger partial charge in [-0.25, -0.2) is 13.2 Å². The minimum absolute atomic E-state index is 0.116. The number of carbonyl (C=O) groups excluding carboxylic acids is 2. The number of anilines is 1. The van der Waals surface area contributed by atoms with Crippen molar-refractivity contribution in [1.82, 2.24) is 0 Å². The Morgan fingerprint density at radius 1 is 1.00 bits per heavy atom. The molecule has 6 nitrogen and oxygen atoms in total. The van der Waals surface area contributed by atoms with E-state index in [1.165, 1.54) is 12.1 Å². The third-order valence-electron chi connectivity index (χ3n) is 3.27. The summed E-state index contributed by atoms with van der Waals surface area (Å²) in [7, 11) is -4.77. The number of hydrogen-bond acceptors (Lipinski definition) is 5. The van der Waals surface area contributed by atoms with Crippen molar-refractivity contribution in [3.05, 3.63) is 57.0 Å². The molecule has 2 aromatic carbocycles. The van der Waals surface area contributed by atoms with Crippen molar-refractivity contribution in [2.24, 2.45) is 0 Å². The summed E-state index contributed by atoms with van der Waals surface area (Å²) in [6, 6.07) is 6.30. The standard InChI is InChI=1S/C16H10Cl3F2NO5S/c17-10-5-12(19)13(6-11(10)18)22-14(23)7-27-15(24)8-1-3-9(4-2-8)28(25,26)16(20)21/h1-6,16H,7H2,(H,22,23). The molecule has 150 valence electrons. The topological polar surface area (TPSA) is 89.5 Å². The van der Waals surface area contributed by atoms with Crippen LogP contribution in [0.4, 0.5) is 14.5 Å². The second kappa shape index (κ2) is 9.04. The first-order valence-electron chi connectivity index (χ1n) is 7.26. The molecular weight excluding hydrogens is 463 g/mol. The Hall–Kier alpha value is -1.94. The number of hydrogen-bond donors (Lipinski definition) is 1. The number of sulfone groups is 1. The lowest BCUT2D eigenvalue weighted by atomic mass is 10.2. The van der Waals surface area contributed by atoms with E-state index in [1.54, 1.807) is 0 Å². The number of rotatable bonds is 6. The van der Waals surface area contributed by atoms with Gasteiger partial charge in [-0.1, -0.05) is 34.8 Å². The van der Waals surface area contributed by atoms with Crippen molar-refractivity contribution in [1.29, 1.82) is 0 Å². The lowest BCUT2D eigenvalue weighted by Gasteiger charge is -2.09. The second-order valence-electron chi connectivity index (χ2n) is 5.20. The number of esters is 1. The molecule has 12 heteroatoms. The molecule has 0 atom stereocenters. The molecule has 0 aliphatic carbocycles. The van der Waals surface area contributed by atoms with Gasteiger partial charge in [-0.15, -0.1) is 0 Å². The van der Waals surface area contributed by atoms with Gasteiger partial charge in [-0.05, 0) is 36.4 Å². The Bertz CT molecular complexity index is 1010. The Kier molecular flexibility index (Phi) is 7.22. The monoisotopic (exact) mass is 471 g/mol. The molecule has 0 saturated carbocycles. The Morgan fingerprint density at radius 3 is 2.14 bits per heavy atom. The maximum atomic E-state index is 12.5. The largest absolute Gasteiger partial charge is 0.452 e. The first-order chi connectivity index (χ1) is 13.0. The average molecular weight is 473 g/mol. The first kappa shape index (κ1) is 22.4. The summed E-state index contributed by atoms with van der Waals surface area (Å²) in [6.07, 6.45) is 0. The van der Waals surface area contributed by atoms with Crippen LogP contribution in [0.3, 0.4) is 0 Å². The molecule has 0 unspecified atom stereocenters. The van der Waals surface area contributed by atoms with Gasteiger partial charge >= 0.3 is 11.7 Å². The summed E-state index contributed by atoms with van der Waals surface area (Å²) >= 11 is 17.5. The number of alkyl halides is 2. The molecule has 2 rings (SSSR count). The fourth-order valence-electron chi connectivity index (χ4n) is 1.90. The van der Waals surface area contributed by atoms with Crippen LogP contribution in [0.2, 0.25) is 15.1 Å². The van der Waals surface area contributed by atoms with Crippen LogP contribution in [0.5, 0.6) is 0 Å². The molecule has 0 bridgehead atoms. The highest BCUT2D eigenvalue weighted by atomic mass is 35.5. The van der Waals surface area contributed by atoms with Gasteiger partial charge in [-0.3, -0.25) is 4.79 Å². The highest BCUT2D eigenvalue weighted by Gasteiger charge is 2.26. The lowest BCUT2D eigenvalue weighted by Crippen LogP contribution is -2.21. The van der Waals surface area contributed by atoms with Gasteiger partial charge in [-0.2, -0.15) is 8.78 Å². The molecule has 1 amide bonds. The van der Waals surface area contributed by atoms with Gasteiger partial charge in [0.15, 0.2) is 6.61 Å². The highest BCUT2D eigenvalue weighted by Crippen LogP contribution is 2.32. The van der Waals surface area contributed by atoms with Gasteiger partial charge in [0.2, 0.25) is 9.84 Å². The van der Waals surface area contributed by atoms with E-state index in [-0.39, 0.29) is 26.3 Å². The smallest absolute Gasteiger partial charge is 0.341 e. The minimum atomic E-state index is -4.77. The zero-order valence-corrected chi connectivity index (χ0v) is 16.7. The third-order valence-corrected chi connectivity index (χ3v) is 5.70. The van der Waals surface area contributed by atoms with E-state index in [0.717, 1.165) is 24.3 Å². The second-order valence-corrected chi connectivity index (χ2v) is 8.34. The molecule has 1 N–H and O–H groups in total. The van der Waals surface area contributed by atoms with Gasteiger partial charge in [0.25, 0.3) is 5.91 Å². The number of ether oxygens (including phenoxy) is 1. The van der Waals surface area contributed by atoms with E-state index < -0.39 is 39.0 Å². The fraction of sp³-hybridized carbons (Fsp3) is 0.125. The van der Waals surface area contributed by atoms with Crippen molar-refractivity contribution >= 4 is 62.2 Å². The van der Waals surface area contributed by atoms with Crippen LogP contribution in [-0.4, -0.2) is 32.7 Å².